The van der Waals surface area contributed by atoms with Crippen LogP contribution in [0.4, 0.5) is 0 Å². The van der Waals surface area contributed by atoms with Crippen molar-refractivity contribution in [1.82, 2.24) is 5.32 Å². The van der Waals surface area contributed by atoms with E-state index < -0.39 is 5.54 Å². The molecule has 1 amide bonds. The first-order chi connectivity index (χ1) is 9.62. The van der Waals surface area contributed by atoms with E-state index in [1.807, 2.05) is 0 Å². The van der Waals surface area contributed by atoms with Crippen LogP contribution in [0.5, 0.6) is 11.5 Å². The molecule has 1 aromatic rings. The van der Waals surface area contributed by atoms with Gasteiger partial charge in [0, 0.05) is 19.8 Å². The van der Waals surface area contributed by atoms with Crippen molar-refractivity contribution in [1.29, 1.82) is 0 Å². The van der Waals surface area contributed by atoms with Crippen LogP contribution in [0.25, 0.3) is 0 Å². The van der Waals surface area contributed by atoms with Gasteiger partial charge in [-0.25, -0.2) is 0 Å². The molecule has 6 heteroatoms. The monoisotopic (exact) mass is 280 g/mol. The molecule has 1 aliphatic heterocycles. The Kier molecular flexibility index (Phi) is 4.46. The zero-order chi connectivity index (χ0) is 14.6. The van der Waals surface area contributed by atoms with Gasteiger partial charge in [-0.3, -0.25) is 4.79 Å². The first kappa shape index (κ1) is 14.6. The Bertz CT molecular complexity index is 484. The summed E-state index contributed by atoms with van der Waals surface area (Å²) in [6.07, 6.45) is 1.33. The number of nitrogens with two attached hydrogens (primary N) is 1. The highest BCUT2D eigenvalue weighted by atomic mass is 16.5. The number of amides is 1. The van der Waals surface area contributed by atoms with Gasteiger partial charge >= 0.3 is 0 Å². The summed E-state index contributed by atoms with van der Waals surface area (Å²) in [5.41, 5.74) is 5.52. The number of methoxy groups -OCH3 is 1. The topological polar surface area (TPSA) is 93.8 Å². The highest BCUT2D eigenvalue weighted by Gasteiger charge is 2.33. The minimum atomic E-state index is -0.467. The van der Waals surface area contributed by atoms with E-state index in [9.17, 15) is 9.90 Å². The summed E-state index contributed by atoms with van der Waals surface area (Å²) in [5.74, 6) is -0.244. The molecule has 1 aromatic carbocycles. The molecule has 1 heterocycles. The fourth-order valence-corrected chi connectivity index (χ4v) is 2.32. The largest absolute Gasteiger partial charge is 0.504 e. The second-order valence-electron chi connectivity index (χ2n) is 4.91. The van der Waals surface area contributed by atoms with Crippen LogP contribution in [-0.2, 0) is 4.74 Å². The fourth-order valence-electron chi connectivity index (χ4n) is 2.32. The van der Waals surface area contributed by atoms with Crippen LogP contribution in [0.2, 0.25) is 0 Å². The lowest BCUT2D eigenvalue weighted by Gasteiger charge is -2.37. The van der Waals surface area contributed by atoms with Crippen LogP contribution in [0.15, 0.2) is 18.2 Å². The van der Waals surface area contributed by atoms with E-state index in [1.165, 1.54) is 7.11 Å². The van der Waals surface area contributed by atoms with Crippen LogP contribution >= 0.6 is 0 Å². The number of hydrogen-bond acceptors (Lipinski definition) is 5. The Morgan fingerprint density at radius 3 is 2.80 bits per heavy atom. The molecular formula is C14H20N2O4. The van der Waals surface area contributed by atoms with E-state index in [0.29, 0.717) is 32.6 Å². The van der Waals surface area contributed by atoms with Gasteiger partial charge in [-0.05, 0) is 25.0 Å². The first-order valence-corrected chi connectivity index (χ1v) is 6.58. The third kappa shape index (κ3) is 2.86. The number of nitrogens with one attached hydrogen (secondary N) is 1. The van der Waals surface area contributed by atoms with E-state index in [2.05, 4.69) is 5.32 Å². The number of carbonyl (C=O) groups is 1. The third-order valence-corrected chi connectivity index (χ3v) is 3.68. The number of rotatable bonds is 4. The Hall–Kier alpha value is -1.79. The van der Waals surface area contributed by atoms with Gasteiger partial charge in [0.2, 0.25) is 0 Å². The van der Waals surface area contributed by atoms with Gasteiger partial charge < -0.3 is 25.6 Å². The van der Waals surface area contributed by atoms with Gasteiger partial charge in [0.05, 0.1) is 18.2 Å². The number of benzene rings is 1. The van der Waals surface area contributed by atoms with Gasteiger partial charge in [-0.1, -0.05) is 6.07 Å². The zero-order valence-corrected chi connectivity index (χ0v) is 11.5. The second kappa shape index (κ2) is 6.11. The molecule has 0 bridgehead atoms. The van der Waals surface area contributed by atoms with Crippen LogP contribution in [0.3, 0.4) is 0 Å². The minimum absolute atomic E-state index is 0.160. The summed E-state index contributed by atoms with van der Waals surface area (Å²) in [7, 11) is 1.44. The maximum absolute atomic E-state index is 12.3. The number of ether oxygens (including phenoxy) is 2. The standard InChI is InChI=1S/C14H20N2O4/c1-19-11-4-2-3-10(12(11)17)13(18)16-14(9-15)5-7-20-8-6-14/h2-4,17H,5-9,15H2,1H3,(H,16,18). The van der Waals surface area contributed by atoms with Crippen LogP contribution in [0.1, 0.15) is 23.2 Å². The summed E-state index contributed by atoms with van der Waals surface area (Å²) in [6.45, 7) is 1.48. The van der Waals surface area contributed by atoms with Gasteiger partial charge in [-0.15, -0.1) is 0 Å². The fraction of sp³-hybridized carbons (Fsp3) is 0.500. The average Bonchev–Trinajstić information content (AvgIpc) is 2.48. The number of carbonyl (C=O) groups excluding carboxylic acids is 1. The molecular weight excluding hydrogens is 260 g/mol. The lowest BCUT2D eigenvalue weighted by atomic mass is 9.89. The van der Waals surface area contributed by atoms with Crippen LogP contribution in [-0.4, -0.2) is 43.4 Å². The van der Waals surface area contributed by atoms with Crippen molar-refractivity contribution < 1.29 is 19.4 Å². The van der Waals surface area contributed by atoms with Crippen molar-refractivity contribution in [3.8, 4) is 11.5 Å². The summed E-state index contributed by atoms with van der Waals surface area (Å²) >= 11 is 0. The van der Waals surface area contributed by atoms with E-state index in [1.54, 1.807) is 18.2 Å². The lowest BCUT2D eigenvalue weighted by Crippen LogP contribution is -2.56. The Balaban J connectivity index is 2.19. The van der Waals surface area contributed by atoms with Crippen molar-refractivity contribution in [3.63, 3.8) is 0 Å². The molecule has 0 aromatic heterocycles. The molecule has 4 N–H and O–H groups in total. The zero-order valence-electron chi connectivity index (χ0n) is 11.5. The number of phenolic OH excluding ortho intramolecular Hbond substituents is 1. The van der Waals surface area contributed by atoms with Crippen LogP contribution in [0, 0.1) is 0 Å². The molecule has 0 spiro atoms. The van der Waals surface area contributed by atoms with E-state index >= 15 is 0 Å². The van der Waals surface area contributed by atoms with E-state index in [4.69, 9.17) is 15.2 Å². The normalized spacial score (nSPS) is 17.5. The Labute approximate surface area is 117 Å². The highest BCUT2D eigenvalue weighted by Crippen LogP contribution is 2.30. The van der Waals surface area contributed by atoms with Gasteiger partial charge in [0.25, 0.3) is 5.91 Å². The molecule has 2 rings (SSSR count). The summed E-state index contributed by atoms with van der Waals surface area (Å²) in [6, 6.07) is 4.81. The predicted octanol–water partition coefficient (Wildman–Crippen LogP) is 0.638. The van der Waals surface area contributed by atoms with Gasteiger partial charge in [-0.2, -0.15) is 0 Å². The maximum Gasteiger partial charge on any atom is 0.255 e. The molecule has 1 aliphatic rings. The smallest absolute Gasteiger partial charge is 0.255 e. The molecule has 0 saturated carbocycles. The number of phenols is 1. The van der Waals surface area contributed by atoms with Crippen molar-refractivity contribution >= 4 is 5.91 Å². The minimum Gasteiger partial charge on any atom is -0.504 e. The quantitative estimate of drug-likeness (QED) is 0.752. The average molecular weight is 280 g/mol. The molecule has 0 atom stereocenters. The van der Waals surface area contributed by atoms with Crippen molar-refractivity contribution in [3.05, 3.63) is 23.8 Å². The van der Waals surface area contributed by atoms with Crippen molar-refractivity contribution in [2.75, 3.05) is 26.9 Å². The summed E-state index contributed by atoms with van der Waals surface area (Å²) < 4.78 is 10.3. The van der Waals surface area contributed by atoms with Gasteiger partial charge in [0.15, 0.2) is 11.5 Å². The molecule has 6 nitrogen and oxygen atoms in total. The predicted molar refractivity (Wildman–Crippen MR) is 74.0 cm³/mol. The molecule has 20 heavy (non-hydrogen) atoms. The SMILES string of the molecule is COc1cccc(C(=O)NC2(CN)CCOCC2)c1O. The first-order valence-electron chi connectivity index (χ1n) is 6.58. The van der Waals surface area contributed by atoms with E-state index in [-0.39, 0.29) is 23.0 Å². The number of hydrogen-bond donors (Lipinski definition) is 3. The molecule has 110 valence electrons. The number of aromatic hydroxyl groups is 1. The summed E-state index contributed by atoms with van der Waals surface area (Å²) in [5, 5.41) is 12.9. The van der Waals surface area contributed by atoms with Crippen molar-refractivity contribution in [2.24, 2.45) is 5.73 Å². The van der Waals surface area contributed by atoms with Gasteiger partial charge in [0.1, 0.15) is 0 Å². The molecule has 0 radical (unpaired) electrons. The summed E-state index contributed by atoms with van der Waals surface area (Å²) in [4.78, 5) is 12.3. The third-order valence-electron chi connectivity index (χ3n) is 3.68. The van der Waals surface area contributed by atoms with E-state index in [0.717, 1.165) is 0 Å². The van der Waals surface area contributed by atoms with Crippen molar-refractivity contribution in [2.45, 2.75) is 18.4 Å². The molecule has 1 saturated heterocycles. The maximum atomic E-state index is 12.3. The second-order valence-corrected chi connectivity index (χ2v) is 4.91. The molecule has 1 fully saturated rings. The molecule has 0 aliphatic carbocycles. The Morgan fingerprint density at radius 2 is 2.20 bits per heavy atom. The Morgan fingerprint density at radius 1 is 1.50 bits per heavy atom. The highest BCUT2D eigenvalue weighted by molar-refractivity contribution is 5.98. The van der Waals surface area contributed by atoms with Crippen LogP contribution < -0.4 is 15.8 Å². The number of para-hydroxylation sites is 1. The lowest BCUT2D eigenvalue weighted by molar-refractivity contribution is 0.0388. The molecule has 0 unspecified atom stereocenters.